The summed E-state index contributed by atoms with van der Waals surface area (Å²) in [6, 6.07) is 13.6. The van der Waals surface area contributed by atoms with Crippen molar-refractivity contribution < 1.29 is 18.4 Å². The van der Waals surface area contributed by atoms with E-state index >= 15 is 0 Å². The highest BCUT2D eigenvalue weighted by molar-refractivity contribution is 7.57. The quantitative estimate of drug-likeness (QED) is 0.583. The Morgan fingerprint density at radius 1 is 1.16 bits per heavy atom. The van der Waals surface area contributed by atoms with E-state index in [4.69, 9.17) is 15.5 Å². The first-order chi connectivity index (χ1) is 12.0. The molecule has 0 unspecified atom stereocenters. The number of carbonyl (C=O) groups is 1. The second kappa shape index (κ2) is 6.77. The summed E-state index contributed by atoms with van der Waals surface area (Å²) in [5.74, 6) is 1.92. The Bertz CT molecular complexity index is 885. The highest BCUT2D eigenvalue weighted by Gasteiger charge is 2.62. The fraction of sp³-hybridized carbons (Fsp3) is 0.350. The fourth-order valence-electron chi connectivity index (χ4n) is 4.01. The number of fused-ring (bicyclic) bond motifs is 1. The van der Waals surface area contributed by atoms with Crippen molar-refractivity contribution in [2.75, 3.05) is 14.2 Å². The summed E-state index contributed by atoms with van der Waals surface area (Å²) < 4.78 is 24.0. The highest BCUT2D eigenvalue weighted by Crippen LogP contribution is 2.68. The molecule has 0 radical (unpaired) electrons. The Kier molecular flexibility index (Phi) is 4.84. The van der Waals surface area contributed by atoms with Gasteiger partial charge in [-0.2, -0.15) is 0 Å². The molecule has 1 fully saturated rings. The Balaban J connectivity index is 2.29. The van der Waals surface area contributed by atoms with Gasteiger partial charge in [0.25, 0.3) is 0 Å². The summed E-state index contributed by atoms with van der Waals surface area (Å²) in [6.45, 7) is 0. The van der Waals surface area contributed by atoms with E-state index in [-0.39, 0.29) is 5.78 Å². The van der Waals surface area contributed by atoms with Crippen molar-refractivity contribution in [3.05, 3.63) is 48.0 Å². The van der Waals surface area contributed by atoms with Crippen LogP contribution in [0.25, 0.3) is 10.8 Å². The molecule has 25 heavy (non-hydrogen) atoms. The van der Waals surface area contributed by atoms with Crippen molar-refractivity contribution in [3.8, 4) is 12.3 Å². The zero-order valence-corrected chi connectivity index (χ0v) is 15.3. The number of carbonyl (C=O) groups excluding carboxylic acids is 1. The minimum Gasteiger partial charge on any atom is -0.311 e. The van der Waals surface area contributed by atoms with Crippen LogP contribution in [-0.4, -0.2) is 25.2 Å². The molecule has 0 spiro atoms. The largest absolute Gasteiger partial charge is 0.345 e. The van der Waals surface area contributed by atoms with Crippen LogP contribution < -0.4 is 0 Å². The highest BCUT2D eigenvalue weighted by atomic mass is 31.2. The molecule has 0 saturated heterocycles. The molecular formula is C20H21O4P. The number of hydrogen-bond donors (Lipinski definition) is 0. The van der Waals surface area contributed by atoms with Crippen LogP contribution in [0.2, 0.25) is 0 Å². The maximum atomic E-state index is 13.4. The Hall–Kier alpha value is -1.92. The Morgan fingerprint density at radius 2 is 1.84 bits per heavy atom. The van der Waals surface area contributed by atoms with E-state index in [2.05, 4.69) is 5.92 Å². The van der Waals surface area contributed by atoms with Crippen LogP contribution in [0.15, 0.2) is 42.5 Å². The molecule has 0 aliphatic heterocycles. The second-order valence-electron chi connectivity index (χ2n) is 6.23. The molecule has 0 bridgehead atoms. The first kappa shape index (κ1) is 17.9. The number of benzene rings is 2. The fourth-order valence-corrected chi connectivity index (χ4v) is 6.19. The number of rotatable bonds is 5. The first-order valence-corrected chi connectivity index (χ1v) is 9.77. The van der Waals surface area contributed by atoms with Crippen LogP contribution in [0.5, 0.6) is 0 Å². The second-order valence-corrected chi connectivity index (χ2v) is 8.75. The molecule has 0 N–H and O–H groups in total. The van der Waals surface area contributed by atoms with Crippen molar-refractivity contribution in [2.24, 2.45) is 0 Å². The average Bonchev–Trinajstić information content (AvgIpc) is 3.04. The zero-order chi connectivity index (χ0) is 18.1. The number of terminal acetylenes is 1. The van der Waals surface area contributed by atoms with E-state index in [1.54, 1.807) is 0 Å². The van der Waals surface area contributed by atoms with Crippen molar-refractivity contribution in [3.63, 3.8) is 0 Å². The van der Waals surface area contributed by atoms with E-state index in [9.17, 15) is 9.36 Å². The van der Waals surface area contributed by atoms with Crippen molar-refractivity contribution in [1.29, 1.82) is 0 Å². The summed E-state index contributed by atoms with van der Waals surface area (Å²) in [6.07, 6.45) is 7.24. The van der Waals surface area contributed by atoms with Gasteiger partial charge in [0.1, 0.15) is 5.16 Å². The summed E-state index contributed by atoms with van der Waals surface area (Å²) in [4.78, 5) is 12.9. The SMILES string of the molecule is C#C[C@H](c1cccc2ccccc12)[C@@]1(P(=O)(OC)OC)CCCC1=O. The van der Waals surface area contributed by atoms with Crippen molar-refractivity contribution in [1.82, 2.24) is 0 Å². The third-order valence-corrected chi connectivity index (χ3v) is 7.86. The predicted octanol–water partition coefficient (Wildman–Crippen LogP) is 4.53. The Morgan fingerprint density at radius 3 is 2.44 bits per heavy atom. The van der Waals surface area contributed by atoms with Gasteiger partial charge in [-0.3, -0.25) is 9.36 Å². The summed E-state index contributed by atoms with van der Waals surface area (Å²) in [5, 5.41) is 0.631. The third kappa shape index (κ3) is 2.55. The molecule has 1 aliphatic carbocycles. The molecule has 2 aromatic rings. The summed E-state index contributed by atoms with van der Waals surface area (Å²) in [7, 11) is -1.10. The molecule has 5 heteroatoms. The molecule has 130 valence electrons. The molecule has 0 amide bonds. The van der Waals surface area contributed by atoms with Crippen molar-refractivity contribution >= 4 is 24.2 Å². The topological polar surface area (TPSA) is 52.6 Å². The molecule has 2 aromatic carbocycles. The molecule has 0 aromatic heterocycles. The van der Waals surface area contributed by atoms with Gasteiger partial charge in [0.2, 0.25) is 0 Å². The monoisotopic (exact) mass is 356 g/mol. The van der Waals surface area contributed by atoms with Gasteiger partial charge in [-0.1, -0.05) is 48.4 Å². The van der Waals surface area contributed by atoms with Gasteiger partial charge in [-0.25, -0.2) is 0 Å². The lowest BCUT2D eigenvalue weighted by Gasteiger charge is -2.37. The minimum atomic E-state index is -3.72. The molecule has 1 saturated carbocycles. The van der Waals surface area contributed by atoms with Gasteiger partial charge < -0.3 is 9.05 Å². The van der Waals surface area contributed by atoms with Crippen LogP contribution in [0.4, 0.5) is 0 Å². The van der Waals surface area contributed by atoms with E-state index < -0.39 is 18.7 Å². The molecule has 1 aliphatic rings. The van der Waals surface area contributed by atoms with E-state index in [0.717, 1.165) is 16.3 Å². The lowest BCUT2D eigenvalue weighted by Crippen LogP contribution is -2.41. The molecule has 4 nitrogen and oxygen atoms in total. The van der Waals surface area contributed by atoms with Gasteiger partial charge in [0, 0.05) is 20.6 Å². The lowest BCUT2D eigenvalue weighted by atomic mass is 9.81. The van der Waals surface area contributed by atoms with Gasteiger partial charge >= 0.3 is 7.60 Å². The van der Waals surface area contributed by atoms with Crippen molar-refractivity contribution in [2.45, 2.75) is 30.3 Å². The average molecular weight is 356 g/mol. The van der Waals surface area contributed by atoms with Crippen LogP contribution in [0, 0.1) is 12.3 Å². The summed E-state index contributed by atoms with van der Waals surface area (Å²) in [5.41, 5.74) is 0.810. The lowest BCUT2D eigenvalue weighted by molar-refractivity contribution is -0.120. The van der Waals surface area contributed by atoms with Crippen LogP contribution in [0.3, 0.4) is 0 Å². The van der Waals surface area contributed by atoms with Gasteiger partial charge in [0.15, 0.2) is 5.78 Å². The minimum absolute atomic E-state index is 0.143. The van der Waals surface area contributed by atoms with E-state index in [1.807, 2.05) is 42.5 Å². The smallest absolute Gasteiger partial charge is 0.311 e. The molecule has 0 heterocycles. The molecule has 2 atom stereocenters. The maximum Gasteiger partial charge on any atom is 0.345 e. The van der Waals surface area contributed by atoms with Gasteiger partial charge in [0.05, 0.1) is 5.92 Å². The predicted molar refractivity (Wildman–Crippen MR) is 98.7 cm³/mol. The van der Waals surface area contributed by atoms with E-state index in [1.165, 1.54) is 14.2 Å². The van der Waals surface area contributed by atoms with Gasteiger partial charge in [-0.15, -0.1) is 6.42 Å². The maximum absolute atomic E-state index is 13.4. The van der Waals surface area contributed by atoms with Crippen LogP contribution >= 0.6 is 7.60 Å². The number of hydrogen-bond acceptors (Lipinski definition) is 4. The molecular weight excluding hydrogens is 335 g/mol. The molecule has 3 rings (SSSR count). The number of ketones is 1. The van der Waals surface area contributed by atoms with Crippen LogP contribution in [-0.2, 0) is 18.4 Å². The summed E-state index contributed by atoms with van der Waals surface area (Å²) >= 11 is 0. The number of Topliss-reactive ketones (excluding diaryl/α,β-unsaturated/α-hetero) is 1. The van der Waals surface area contributed by atoms with E-state index in [0.29, 0.717) is 19.3 Å². The Labute approximate surface area is 148 Å². The zero-order valence-electron chi connectivity index (χ0n) is 14.4. The van der Waals surface area contributed by atoms with Gasteiger partial charge in [-0.05, 0) is 29.2 Å². The normalized spacial score (nSPS) is 22.0. The standard InChI is InChI=1S/C20H21O4P/c1-4-18(17-12-7-10-15-9-5-6-11-16(15)17)20(14-8-13-19(20)21)25(22,23-2)24-3/h1,5-7,9-12,18H,8,13-14H2,2-3H3/t18-,20+/m1/s1. The van der Waals surface area contributed by atoms with Crippen LogP contribution in [0.1, 0.15) is 30.7 Å². The first-order valence-electron chi connectivity index (χ1n) is 8.23. The third-order valence-electron chi connectivity index (χ3n) is 5.19.